The molecule has 15 heavy (non-hydrogen) atoms. The highest BCUT2D eigenvalue weighted by atomic mass is 35.5. The van der Waals surface area contributed by atoms with Crippen LogP contribution in [-0.4, -0.2) is 12.2 Å². The summed E-state index contributed by atoms with van der Waals surface area (Å²) in [5.41, 5.74) is 1.04. The molecule has 0 saturated carbocycles. The first kappa shape index (κ1) is 12.1. The summed E-state index contributed by atoms with van der Waals surface area (Å²) in [5, 5.41) is 0. The second-order valence-corrected chi connectivity index (χ2v) is 3.40. The highest BCUT2D eigenvalue weighted by Crippen LogP contribution is 2.03. The molecule has 1 nitrogen and oxygen atoms in total. The van der Waals surface area contributed by atoms with Crippen molar-refractivity contribution in [3.8, 4) is 11.8 Å². The van der Waals surface area contributed by atoms with Gasteiger partial charge in [-0.15, -0.1) is 0 Å². The molecule has 0 saturated heterocycles. The lowest BCUT2D eigenvalue weighted by molar-refractivity contribution is 0.0884. The maximum atomic E-state index is 5.50. The van der Waals surface area contributed by atoms with E-state index in [0.717, 1.165) is 18.4 Å². The Morgan fingerprint density at radius 1 is 1.33 bits per heavy atom. The van der Waals surface area contributed by atoms with Gasteiger partial charge in [0.05, 0.1) is 6.10 Å². The standard InChI is InChI=1S/C13H15ClO/c1-2-13(15-11-14)10-6-9-12-7-4-3-5-8-12/h3-5,7-8,13H,2,10-11H2,1H3/t13-/m0/s1. The van der Waals surface area contributed by atoms with E-state index in [9.17, 15) is 0 Å². The SMILES string of the molecule is CC[C@@H](CC#Cc1ccccc1)OCCl. The van der Waals surface area contributed by atoms with Gasteiger partial charge in [0.2, 0.25) is 0 Å². The molecule has 0 heterocycles. The molecule has 1 aromatic rings. The van der Waals surface area contributed by atoms with E-state index in [2.05, 4.69) is 18.8 Å². The molecule has 0 bridgehead atoms. The Labute approximate surface area is 96.4 Å². The molecule has 0 aliphatic rings. The molecule has 0 N–H and O–H groups in total. The summed E-state index contributed by atoms with van der Waals surface area (Å²) in [6, 6.07) is 10.2. The van der Waals surface area contributed by atoms with Gasteiger partial charge in [-0.25, -0.2) is 0 Å². The number of benzene rings is 1. The van der Waals surface area contributed by atoms with Crippen molar-refractivity contribution in [2.24, 2.45) is 0 Å². The van der Waals surface area contributed by atoms with Gasteiger partial charge in [0.1, 0.15) is 6.07 Å². The molecular weight excluding hydrogens is 208 g/mol. The topological polar surface area (TPSA) is 9.23 Å². The summed E-state index contributed by atoms with van der Waals surface area (Å²) in [5.74, 6) is 6.20. The normalized spacial score (nSPS) is 11.6. The Kier molecular flexibility index (Phi) is 5.92. The molecule has 0 fully saturated rings. The highest BCUT2D eigenvalue weighted by molar-refractivity contribution is 6.17. The Balaban J connectivity index is 2.45. The first-order valence-electron chi connectivity index (χ1n) is 5.08. The summed E-state index contributed by atoms with van der Waals surface area (Å²) in [6.07, 6.45) is 1.83. The van der Waals surface area contributed by atoms with Crippen LogP contribution in [0.5, 0.6) is 0 Å². The smallest absolute Gasteiger partial charge is 0.121 e. The molecule has 0 radical (unpaired) electrons. The molecule has 0 spiro atoms. The molecular formula is C13H15ClO. The average molecular weight is 223 g/mol. The van der Waals surface area contributed by atoms with Gasteiger partial charge < -0.3 is 4.74 Å². The van der Waals surface area contributed by atoms with E-state index in [1.807, 2.05) is 30.3 Å². The molecule has 1 rings (SSSR count). The summed E-state index contributed by atoms with van der Waals surface area (Å²) in [4.78, 5) is 0. The minimum absolute atomic E-state index is 0.152. The zero-order chi connectivity index (χ0) is 10.9. The van der Waals surface area contributed by atoms with Crippen LogP contribution in [0.4, 0.5) is 0 Å². The van der Waals surface area contributed by atoms with Crippen LogP contribution >= 0.6 is 11.6 Å². The second kappa shape index (κ2) is 7.34. The first-order chi connectivity index (χ1) is 7.36. The zero-order valence-electron chi connectivity index (χ0n) is 8.87. The van der Waals surface area contributed by atoms with Gasteiger partial charge in [-0.2, -0.15) is 0 Å². The number of rotatable bonds is 4. The molecule has 0 aliphatic carbocycles. The minimum atomic E-state index is 0.152. The summed E-state index contributed by atoms with van der Waals surface area (Å²) < 4.78 is 5.29. The molecule has 0 aromatic heterocycles. The van der Waals surface area contributed by atoms with Crippen LogP contribution in [0.25, 0.3) is 0 Å². The van der Waals surface area contributed by atoms with Crippen LogP contribution in [0.3, 0.4) is 0 Å². The van der Waals surface area contributed by atoms with Crippen molar-refractivity contribution in [3.05, 3.63) is 35.9 Å². The van der Waals surface area contributed by atoms with Crippen molar-refractivity contribution in [1.82, 2.24) is 0 Å². The number of ether oxygens (including phenoxy) is 1. The van der Waals surface area contributed by atoms with Gasteiger partial charge in [-0.05, 0) is 18.6 Å². The Morgan fingerprint density at radius 2 is 2.07 bits per heavy atom. The number of halogens is 1. The van der Waals surface area contributed by atoms with Crippen LogP contribution < -0.4 is 0 Å². The summed E-state index contributed by atoms with van der Waals surface area (Å²) in [6.45, 7) is 2.07. The Morgan fingerprint density at radius 3 is 2.67 bits per heavy atom. The lowest BCUT2D eigenvalue weighted by Gasteiger charge is -2.09. The van der Waals surface area contributed by atoms with Crippen LogP contribution in [-0.2, 0) is 4.74 Å². The summed E-state index contributed by atoms with van der Waals surface area (Å²) in [7, 11) is 0. The van der Waals surface area contributed by atoms with E-state index in [1.165, 1.54) is 0 Å². The maximum absolute atomic E-state index is 5.50. The van der Waals surface area contributed by atoms with Crippen LogP contribution in [0, 0.1) is 11.8 Å². The fourth-order valence-electron chi connectivity index (χ4n) is 1.20. The quantitative estimate of drug-likeness (QED) is 0.560. The van der Waals surface area contributed by atoms with Crippen LogP contribution in [0.2, 0.25) is 0 Å². The molecule has 0 aliphatic heterocycles. The van der Waals surface area contributed by atoms with E-state index in [4.69, 9.17) is 16.3 Å². The molecule has 1 aromatic carbocycles. The lowest BCUT2D eigenvalue weighted by Crippen LogP contribution is -2.09. The third kappa shape index (κ3) is 4.88. The van der Waals surface area contributed by atoms with Crippen molar-refractivity contribution in [3.63, 3.8) is 0 Å². The van der Waals surface area contributed by atoms with Gasteiger partial charge in [0.25, 0.3) is 0 Å². The zero-order valence-corrected chi connectivity index (χ0v) is 9.63. The Hall–Kier alpha value is -0.970. The van der Waals surface area contributed by atoms with Gasteiger partial charge in [-0.1, -0.05) is 48.6 Å². The monoisotopic (exact) mass is 222 g/mol. The Bertz CT molecular complexity index is 323. The van der Waals surface area contributed by atoms with Gasteiger partial charge in [0.15, 0.2) is 0 Å². The van der Waals surface area contributed by atoms with Gasteiger partial charge in [-0.3, -0.25) is 0 Å². The molecule has 0 amide bonds. The largest absolute Gasteiger partial charge is 0.362 e. The fourth-order valence-corrected chi connectivity index (χ4v) is 1.38. The van der Waals surface area contributed by atoms with Crippen molar-refractivity contribution >= 4 is 11.6 Å². The van der Waals surface area contributed by atoms with E-state index >= 15 is 0 Å². The fraction of sp³-hybridized carbons (Fsp3) is 0.385. The number of hydrogen-bond donors (Lipinski definition) is 0. The van der Waals surface area contributed by atoms with E-state index in [1.54, 1.807) is 0 Å². The van der Waals surface area contributed by atoms with Crippen molar-refractivity contribution in [2.45, 2.75) is 25.9 Å². The van der Waals surface area contributed by atoms with Crippen molar-refractivity contribution < 1.29 is 4.74 Å². The highest BCUT2D eigenvalue weighted by Gasteiger charge is 2.02. The molecule has 0 unspecified atom stereocenters. The van der Waals surface area contributed by atoms with Crippen molar-refractivity contribution in [1.29, 1.82) is 0 Å². The minimum Gasteiger partial charge on any atom is -0.362 e. The second-order valence-electron chi connectivity index (χ2n) is 3.18. The predicted octanol–water partition coefficient (Wildman–Crippen LogP) is 3.42. The van der Waals surface area contributed by atoms with Gasteiger partial charge >= 0.3 is 0 Å². The van der Waals surface area contributed by atoms with E-state index < -0.39 is 0 Å². The first-order valence-corrected chi connectivity index (χ1v) is 5.61. The third-order valence-corrected chi connectivity index (χ3v) is 2.22. The third-order valence-electron chi connectivity index (χ3n) is 2.09. The lowest BCUT2D eigenvalue weighted by atomic mass is 10.2. The average Bonchev–Trinajstić information content (AvgIpc) is 2.29. The van der Waals surface area contributed by atoms with E-state index in [0.29, 0.717) is 0 Å². The van der Waals surface area contributed by atoms with Crippen LogP contribution in [0.1, 0.15) is 25.3 Å². The van der Waals surface area contributed by atoms with E-state index in [-0.39, 0.29) is 12.2 Å². The summed E-state index contributed by atoms with van der Waals surface area (Å²) >= 11 is 5.50. The van der Waals surface area contributed by atoms with Gasteiger partial charge in [0, 0.05) is 12.0 Å². The maximum Gasteiger partial charge on any atom is 0.121 e. The number of hydrogen-bond acceptors (Lipinski definition) is 1. The molecule has 2 heteroatoms. The molecule has 1 atom stereocenters. The van der Waals surface area contributed by atoms with Crippen molar-refractivity contribution in [2.75, 3.05) is 6.07 Å². The molecule has 80 valence electrons. The predicted molar refractivity (Wildman–Crippen MR) is 63.8 cm³/mol. The van der Waals surface area contributed by atoms with Crippen LogP contribution in [0.15, 0.2) is 30.3 Å². The number of alkyl halides is 1.